The Labute approximate surface area is 120 Å². The molecular formula is C17H21N3. The zero-order chi connectivity index (χ0) is 14.5. The summed E-state index contributed by atoms with van der Waals surface area (Å²) >= 11 is 0. The van der Waals surface area contributed by atoms with Gasteiger partial charge in [0.1, 0.15) is 5.82 Å². The second-order valence-electron chi connectivity index (χ2n) is 6.92. The Morgan fingerprint density at radius 3 is 2.60 bits per heavy atom. The minimum Gasteiger partial charge on any atom is -0.322 e. The number of hydrogen-bond acceptors (Lipinski definition) is 2. The van der Waals surface area contributed by atoms with Gasteiger partial charge in [0, 0.05) is 11.5 Å². The SMILES string of the molecule is CC(c1nc2cc(C#N)ccc2n1C(C)(C)C)C1CC1. The van der Waals surface area contributed by atoms with Gasteiger partial charge in [0.2, 0.25) is 0 Å². The van der Waals surface area contributed by atoms with Gasteiger partial charge >= 0.3 is 0 Å². The Morgan fingerprint density at radius 2 is 2.05 bits per heavy atom. The first-order chi connectivity index (χ1) is 9.41. The topological polar surface area (TPSA) is 41.6 Å². The average Bonchev–Trinajstić information content (AvgIpc) is 3.15. The summed E-state index contributed by atoms with van der Waals surface area (Å²) in [6.07, 6.45) is 2.63. The molecule has 1 fully saturated rings. The molecule has 0 amide bonds. The van der Waals surface area contributed by atoms with Gasteiger partial charge in [-0.3, -0.25) is 0 Å². The predicted octanol–water partition coefficient (Wildman–Crippen LogP) is 4.18. The molecule has 0 spiro atoms. The molecule has 0 N–H and O–H groups in total. The molecule has 0 aliphatic heterocycles. The first-order valence-corrected chi connectivity index (χ1v) is 7.35. The Hall–Kier alpha value is -1.82. The monoisotopic (exact) mass is 267 g/mol. The van der Waals surface area contributed by atoms with Crippen LogP contribution in [0.1, 0.15) is 57.8 Å². The van der Waals surface area contributed by atoms with Crippen LogP contribution in [0.5, 0.6) is 0 Å². The van der Waals surface area contributed by atoms with Crippen molar-refractivity contribution in [2.45, 2.75) is 52.0 Å². The second kappa shape index (κ2) is 4.34. The van der Waals surface area contributed by atoms with Crippen LogP contribution in [0.2, 0.25) is 0 Å². The quantitative estimate of drug-likeness (QED) is 0.819. The maximum absolute atomic E-state index is 9.06. The molecule has 0 saturated heterocycles. The maximum Gasteiger partial charge on any atom is 0.113 e. The Kier molecular flexibility index (Phi) is 2.86. The van der Waals surface area contributed by atoms with Crippen LogP contribution in [0.3, 0.4) is 0 Å². The van der Waals surface area contributed by atoms with E-state index in [-0.39, 0.29) is 5.54 Å². The Bertz CT molecular complexity index is 693. The normalized spacial score (nSPS) is 17.1. The van der Waals surface area contributed by atoms with Crippen LogP contribution in [0.25, 0.3) is 11.0 Å². The predicted molar refractivity (Wildman–Crippen MR) is 80.6 cm³/mol. The van der Waals surface area contributed by atoms with Gasteiger partial charge in [-0.25, -0.2) is 4.98 Å². The third-order valence-corrected chi connectivity index (χ3v) is 4.22. The van der Waals surface area contributed by atoms with E-state index in [0.29, 0.717) is 11.5 Å². The van der Waals surface area contributed by atoms with Gasteiger partial charge in [0.05, 0.1) is 22.7 Å². The van der Waals surface area contributed by atoms with Crippen molar-refractivity contribution < 1.29 is 0 Å². The molecule has 0 radical (unpaired) electrons. The molecule has 3 rings (SSSR count). The number of aromatic nitrogens is 2. The molecule has 1 heterocycles. The lowest BCUT2D eigenvalue weighted by molar-refractivity contribution is 0.380. The zero-order valence-electron chi connectivity index (χ0n) is 12.6. The van der Waals surface area contributed by atoms with E-state index in [9.17, 15) is 0 Å². The summed E-state index contributed by atoms with van der Waals surface area (Å²) in [5.74, 6) is 2.44. The highest BCUT2D eigenvalue weighted by molar-refractivity contribution is 5.78. The lowest BCUT2D eigenvalue weighted by Gasteiger charge is -2.26. The highest BCUT2D eigenvalue weighted by Gasteiger charge is 2.34. The molecule has 1 atom stereocenters. The minimum absolute atomic E-state index is 0.00138. The molecule has 1 unspecified atom stereocenters. The van der Waals surface area contributed by atoms with Crippen molar-refractivity contribution in [3.8, 4) is 6.07 Å². The van der Waals surface area contributed by atoms with E-state index in [2.05, 4.69) is 38.3 Å². The first-order valence-electron chi connectivity index (χ1n) is 7.35. The molecule has 2 aromatic rings. The summed E-state index contributed by atoms with van der Waals surface area (Å²) in [7, 11) is 0. The number of nitrogens with zero attached hydrogens (tertiary/aromatic N) is 3. The molecule has 20 heavy (non-hydrogen) atoms. The van der Waals surface area contributed by atoms with Crippen molar-refractivity contribution in [3.05, 3.63) is 29.6 Å². The maximum atomic E-state index is 9.06. The van der Waals surface area contributed by atoms with E-state index in [0.717, 1.165) is 17.0 Å². The summed E-state index contributed by atoms with van der Waals surface area (Å²) in [5, 5.41) is 9.06. The zero-order valence-corrected chi connectivity index (χ0v) is 12.6. The van der Waals surface area contributed by atoms with Crippen molar-refractivity contribution in [3.63, 3.8) is 0 Å². The van der Waals surface area contributed by atoms with E-state index in [4.69, 9.17) is 10.2 Å². The summed E-state index contributed by atoms with van der Waals surface area (Å²) in [4.78, 5) is 4.86. The van der Waals surface area contributed by atoms with E-state index in [1.54, 1.807) is 0 Å². The fourth-order valence-electron chi connectivity index (χ4n) is 2.99. The molecule has 1 aliphatic carbocycles. The lowest BCUT2D eigenvalue weighted by Crippen LogP contribution is -2.25. The van der Waals surface area contributed by atoms with Crippen LogP contribution < -0.4 is 0 Å². The molecule has 0 bridgehead atoms. The summed E-state index contributed by atoms with van der Waals surface area (Å²) in [6.45, 7) is 8.94. The van der Waals surface area contributed by atoms with Crippen LogP contribution in [0.4, 0.5) is 0 Å². The molecule has 104 valence electrons. The van der Waals surface area contributed by atoms with Gasteiger partial charge in [-0.05, 0) is 57.7 Å². The Morgan fingerprint density at radius 1 is 1.35 bits per heavy atom. The van der Waals surface area contributed by atoms with Gasteiger partial charge in [0.25, 0.3) is 0 Å². The number of rotatable bonds is 2. The molecule has 1 aromatic heterocycles. The van der Waals surface area contributed by atoms with Crippen LogP contribution in [0, 0.1) is 17.2 Å². The molecule has 1 aromatic carbocycles. The summed E-state index contributed by atoms with van der Waals surface area (Å²) in [5.41, 5.74) is 2.77. The third kappa shape index (κ3) is 2.10. The number of nitriles is 1. The molecule has 1 aliphatic rings. The van der Waals surface area contributed by atoms with Crippen LogP contribution in [-0.4, -0.2) is 9.55 Å². The smallest absolute Gasteiger partial charge is 0.113 e. The summed E-state index contributed by atoms with van der Waals surface area (Å²) < 4.78 is 2.35. The summed E-state index contributed by atoms with van der Waals surface area (Å²) in [6, 6.07) is 8.03. The standard InChI is InChI=1S/C17H21N3/c1-11(13-6-7-13)16-19-14-9-12(10-18)5-8-15(14)20(16)17(2,3)4/h5,8-9,11,13H,6-7H2,1-4H3. The minimum atomic E-state index is 0.00138. The molecule has 1 saturated carbocycles. The number of imidazole rings is 1. The van der Waals surface area contributed by atoms with Gasteiger partial charge in [-0.15, -0.1) is 0 Å². The van der Waals surface area contributed by atoms with Gasteiger partial charge < -0.3 is 4.57 Å². The van der Waals surface area contributed by atoms with Crippen molar-refractivity contribution in [2.24, 2.45) is 5.92 Å². The van der Waals surface area contributed by atoms with Crippen LogP contribution >= 0.6 is 0 Å². The van der Waals surface area contributed by atoms with Gasteiger partial charge in [-0.2, -0.15) is 5.26 Å². The van der Waals surface area contributed by atoms with Crippen LogP contribution in [-0.2, 0) is 5.54 Å². The second-order valence-corrected chi connectivity index (χ2v) is 6.92. The number of benzene rings is 1. The number of fused-ring (bicyclic) bond motifs is 1. The molecular weight excluding hydrogens is 246 g/mol. The van der Waals surface area contributed by atoms with E-state index >= 15 is 0 Å². The van der Waals surface area contributed by atoms with E-state index in [1.165, 1.54) is 18.7 Å². The number of hydrogen-bond donors (Lipinski definition) is 0. The van der Waals surface area contributed by atoms with Crippen molar-refractivity contribution in [1.29, 1.82) is 5.26 Å². The van der Waals surface area contributed by atoms with Crippen molar-refractivity contribution >= 4 is 11.0 Å². The van der Waals surface area contributed by atoms with E-state index < -0.39 is 0 Å². The Balaban J connectivity index is 2.24. The van der Waals surface area contributed by atoms with Crippen molar-refractivity contribution in [1.82, 2.24) is 9.55 Å². The van der Waals surface area contributed by atoms with E-state index in [1.807, 2.05) is 18.2 Å². The third-order valence-electron chi connectivity index (χ3n) is 4.22. The fourth-order valence-corrected chi connectivity index (χ4v) is 2.99. The fraction of sp³-hybridized carbons (Fsp3) is 0.529. The molecule has 3 heteroatoms. The average molecular weight is 267 g/mol. The van der Waals surface area contributed by atoms with Crippen molar-refractivity contribution in [2.75, 3.05) is 0 Å². The highest BCUT2D eigenvalue weighted by Crippen LogP contribution is 2.43. The highest BCUT2D eigenvalue weighted by atomic mass is 15.1. The largest absolute Gasteiger partial charge is 0.322 e. The lowest BCUT2D eigenvalue weighted by atomic mass is 10.0. The van der Waals surface area contributed by atoms with Gasteiger partial charge in [-0.1, -0.05) is 6.92 Å². The molecule has 3 nitrogen and oxygen atoms in total. The van der Waals surface area contributed by atoms with Crippen LogP contribution in [0.15, 0.2) is 18.2 Å². The van der Waals surface area contributed by atoms with Gasteiger partial charge in [0.15, 0.2) is 0 Å². The first kappa shape index (κ1) is 13.2.